The molecule has 0 amide bonds. The van der Waals surface area contributed by atoms with Gasteiger partial charge in [-0.15, -0.1) is 0 Å². The van der Waals surface area contributed by atoms with E-state index in [-0.39, 0.29) is 5.41 Å². The van der Waals surface area contributed by atoms with E-state index in [2.05, 4.69) is 48.5 Å². The van der Waals surface area contributed by atoms with Crippen LogP contribution in [0.25, 0.3) is 0 Å². The minimum Gasteiger partial charge on any atom is -0.356 e. The van der Waals surface area contributed by atoms with Gasteiger partial charge in [0.05, 0.1) is 0 Å². The smallest absolute Gasteiger partial charge is 0.191 e. The van der Waals surface area contributed by atoms with Gasteiger partial charge in [0.1, 0.15) is 0 Å². The number of nitrogens with one attached hydrogen (secondary N) is 2. The van der Waals surface area contributed by atoms with Gasteiger partial charge >= 0.3 is 0 Å². The van der Waals surface area contributed by atoms with Gasteiger partial charge in [-0.1, -0.05) is 44.5 Å². The molecule has 4 heteroatoms. The van der Waals surface area contributed by atoms with Crippen LogP contribution in [0.2, 0.25) is 5.02 Å². The van der Waals surface area contributed by atoms with E-state index < -0.39 is 0 Å². The first-order chi connectivity index (χ1) is 9.42. The molecule has 20 heavy (non-hydrogen) atoms. The molecule has 3 nitrogen and oxygen atoms in total. The third kappa shape index (κ3) is 3.89. The second-order valence-corrected chi connectivity index (χ2v) is 6.72. The Morgan fingerprint density at radius 3 is 2.45 bits per heavy atom. The van der Waals surface area contributed by atoms with Crippen LogP contribution in [0.5, 0.6) is 0 Å². The maximum absolute atomic E-state index is 5.94. The van der Waals surface area contributed by atoms with Crippen LogP contribution in [-0.4, -0.2) is 25.6 Å². The van der Waals surface area contributed by atoms with Gasteiger partial charge in [-0.25, -0.2) is 0 Å². The normalized spacial score (nSPS) is 22.6. The van der Waals surface area contributed by atoms with Gasteiger partial charge in [0.25, 0.3) is 0 Å². The highest BCUT2D eigenvalue weighted by Gasteiger charge is 2.33. The summed E-state index contributed by atoms with van der Waals surface area (Å²) in [5.74, 6) is 1.65. The first kappa shape index (κ1) is 15.2. The second kappa shape index (κ2) is 6.04. The van der Waals surface area contributed by atoms with Gasteiger partial charge in [-0.2, -0.15) is 0 Å². The lowest BCUT2D eigenvalue weighted by Gasteiger charge is -2.27. The Morgan fingerprint density at radius 2 is 1.95 bits per heavy atom. The Labute approximate surface area is 126 Å². The molecule has 110 valence electrons. The SMILES string of the molecule is CN=C(NCC(C)(C)c1ccc(Cl)cc1)NC1CC1C. The Hall–Kier alpha value is -1.22. The molecule has 1 fully saturated rings. The highest BCUT2D eigenvalue weighted by atomic mass is 35.5. The fraction of sp³-hybridized carbons (Fsp3) is 0.562. The standard InChI is InChI=1S/C16H24ClN3/c1-11-9-14(11)20-15(18-4)19-10-16(2,3)12-5-7-13(17)8-6-12/h5-8,11,14H,9-10H2,1-4H3,(H2,18,19,20). The molecule has 2 rings (SSSR count). The fourth-order valence-electron chi connectivity index (χ4n) is 2.20. The van der Waals surface area contributed by atoms with Crippen molar-refractivity contribution in [2.45, 2.75) is 38.6 Å². The van der Waals surface area contributed by atoms with Crippen molar-refractivity contribution >= 4 is 17.6 Å². The number of halogens is 1. The Balaban J connectivity index is 1.92. The molecule has 0 bridgehead atoms. The lowest BCUT2D eigenvalue weighted by atomic mass is 9.85. The largest absolute Gasteiger partial charge is 0.356 e. The van der Waals surface area contributed by atoms with E-state index >= 15 is 0 Å². The lowest BCUT2D eigenvalue weighted by molar-refractivity contribution is 0.508. The highest BCUT2D eigenvalue weighted by molar-refractivity contribution is 6.30. The summed E-state index contributed by atoms with van der Waals surface area (Å²) >= 11 is 5.94. The van der Waals surface area contributed by atoms with Crippen LogP contribution in [0.3, 0.4) is 0 Å². The minimum atomic E-state index is 0.0252. The fourth-order valence-corrected chi connectivity index (χ4v) is 2.33. The summed E-state index contributed by atoms with van der Waals surface area (Å²) in [6.45, 7) is 7.52. The van der Waals surface area contributed by atoms with E-state index in [4.69, 9.17) is 11.6 Å². The quantitative estimate of drug-likeness (QED) is 0.661. The first-order valence-electron chi connectivity index (χ1n) is 7.15. The number of benzene rings is 1. The monoisotopic (exact) mass is 293 g/mol. The number of hydrogen-bond donors (Lipinski definition) is 2. The maximum Gasteiger partial charge on any atom is 0.191 e. The van der Waals surface area contributed by atoms with Gasteiger partial charge in [-0.3, -0.25) is 4.99 Å². The van der Waals surface area contributed by atoms with Crippen molar-refractivity contribution in [1.82, 2.24) is 10.6 Å². The van der Waals surface area contributed by atoms with E-state index in [0.29, 0.717) is 6.04 Å². The summed E-state index contributed by atoms with van der Waals surface area (Å²) in [6.07, 6.45) is 1.24. The molecule has 2 unspecified atom stereocenters. The third-order valence-corrected chi connectivity index (χ3v) is 4.23. The van der Waals surface area contributed by atoms with Crippen LogP contribution >= 0.6 is 11.6 Å². The molecule has 0 spiro atoms. The van der Waals surface area contributed by atoms with Crippen molar-refractivity contribution in [2.75, 3.05) is 13.6 Å². The molecule has 1 saturated carbocycles. The molecule has 2 N–H and O–H groups in total. The van der Waals surface area contributed by atoms with E-state index in [1.54, 1.807) is 0 Å². The predicted octanol–water partition coefficient (Wildman–Crippen LogP) is 3.19. The van der Waals surface area contributed by atoms with Crippen molar-refractivity contribution in [1.29, 1.82) is 0 Å². The van der Waals surface area contributed by atoms with Crippen molar-refractivity contribution < 1.29 is 0 Å². The van der Waals surface area contributed by atoms with Crippen LogP contribution in [0, 0.1) is 5.92 Å². The summed E-state index contributed by atoms with van der Waals surface area (Å²) in [6, 6.07) is 8.64. The minimum absolute atomic E-state index is 0.0252. The van der Waals surface area contributed by atoms with Crippen molar-refractivity contribution in [3.63, 3.8) is 0 Å². The second-order valence-electron chi connectivity index (χ2n) is 6.28. The molecule has 0 heterocycles. The summed E-state index contributed by atoms with van der Waals surface area (Å²) in [5, 5.41) is 7.64. The predicted molar refractivity (Wildman–Crippen MR) is 86.5 cm³/mol. The van der Waals surface area contributed by atoms with Crippen LogP contribution in [-0.2, 0) is 5.41 Å². The van der Waals surface area contributed by atoms with E-state index in [1.807, 2.05) is 19.2 Å². The Morgan fingerprint density at radius 1 is 1.35 bits per heavy atom. The summed E-state index contributed by atoms with van der Waals surface area (Å²) in [4.78, 5) is 4.29. The molecular weight excluding hydrogens is 270 g/mol. The Kier molecular flexibility index (Phi) is 4.59. The zero-order valence-corrected chi connectivity index (χ0v) is 13.5. The van der Waals surface area contributed by atoms with Gasteiger partial charge < -0.3 is 10.6 Å². The number of guanidine groups is 1. The molecule has 1 aromatic carbocycles. The maximum atomic E-state index is 5.94. The zero-order chi connectivity index (χ0) is 14.8. The van der Waals surface area contributed by atoms with Gasteiger partial charge in [0.15, 0.2) is 5.96 Å². The van der Waals surface area contributed by atoms with Crippen molar-refractivity contribution in [3.8, 4) is 0 Å². The van der Waals surface area contributed by atoms with Crippen molar-refractivity contribution in [2.24, 2.45) is 10.9 Å². The van der Waals surface area contributed by atoms with E-state index in [0.717, 1.165) is 23.4 Å². The molecule has 0 radical (unpaired) electrons. The van der Waals surface area contributed by atoms with E-state index in [9.17, 15) is 0 Å². The van der Waals surface area contributed by atoms with Crippen LogP contribution < -0.4 is 10.6 Å². The summed E-state index contributed by atoms with van der Waals surface area (Å²) in [5.41, 5.74) is 1.29. The molecule has 2 atom stereocenters. The number of aliphatic imine (C=N–C) groups is 1. The van der Waals surface area contributed by atoms with E-state index in [1.165, 1.54) is 12.0 Å². The lowest BCUT2D eigenvalue weighted by Crippen LogP contribution is -2.44. The molecule has 0 saturated heterocycles. The van der Waals surface area contributed by atoms with Crippen LogP contribution in [0.15, 0.2) is 29.3 Å². The molecule has 1 aliphatic carbocycles. The number of nitrogens with zero attached hydrogens (tertiary/aromatic N) is 1. The van der Waals surface area contributed by atoms with Crippen molar-refractivity contribution in [3.05, 3.63) is 34.9 Å². The van der Waals surface area contributed by atoms with Gasteiger partial charge in [-0.05, 0) is 30.0 Å². The van der Waals surface area contributed by atoms with Crippen LogP contribution in [0.1, 0.15) is 32.8 Å². The number of rotatable bonds is 4. The van der Waals surface area contributed by atoms with Gasteiger partial charge in [0.2, 0.25) is 0 Å². The van der Waals surface area contributed by atoms with Crippen LogP contribution in [0.4, 0.5) is 0 Å². The summed E-state index contributed by atoms with van der Waals surface area (Å²) in [7, 11) is 1.82. The highest BCUT2D eigenvalue weighted by Crippen LogP contribution is 2.29. The molecule has 1 aromatic rings. The molecule has 0 aromatic heterocycles. The average molecular weight is 294 g/mol. The first-order valence-corrected chi connectivity index (χ1v) is 7.53. The topological polar surface area (TPSA) is 36.4 Å². The average Bonchev–Trinajstić information content (AvgIpc) is 3.10. The third-order valence-electron chi connectivity index (χ3n) is 3.98. The van der Waals surface area contributed by atoms with Gasteiger partial charge in [0, 0.05) is 30.1 Å². The summed E-state index contributed by atoms with van der Waals surface area (Å²) < 4.78 is 0. The molecular formula is C16H24ClN3. The zero-order valence-electron chi connectivity index (χ0n) is 12.7. The number of hydrogen-bond acceptors (Lipinski definition) is 1. The Bertz CT molecular complexity index is 479. The molecule has 1 aliphatic rings. The molecule has 0 aliphatic heterocycles.